The molecule has 6 nitrogen and oxygen atoms in total. The summed E-state index contributed by atoms with van der Waals surface area (Å²) in [5.41, 5.74) is 0.884. The lowest BCUT2D eigenvalue weighted by atomic mass is 10.1. The lowest BCUT2D eigenvalue weighted by molar-refractivity contribution is -0.134. The van der Waals surface area contributed by atoms with Crippen LogP contribution in [0.2, 0.25) is 5.02 Å². The summed E-state index contributed by atoms with van der Waals surface area (Å²) < 4.78 is 10.5. The smallest absolute Gasteiger partial charge is 0.343 e. The monoisotopic (exact) mass is 403 g/mol. The van der Waals surface area contributed by atoms with Crippen molar-refractivity contribution in [2.75, 3.05) is 5.32 Å². The standard InChI is InChI=1S/C21H22ClNO5/c1-4-5-19(24)27-17-10-15(22)11-18(12-17)28-21(26)14-6-8-16(9-7-14)23-20(25)13(2)3/h6-13H,4-5H2,1-3H3,(H,23,25). The van der Waals surface area contributed by atoms with E-state index < -0.39 is 5.97 Å². The molecule has 2 rings (SSSR count). The van der Waals surface area contributed by atoms with E-state index in [1.54, 1.807) is 38.1 Å². The predicted octanol–water partition coefficient (Wildman–Crippen LogP) is 4.86. The average Bonchev–Trinajstić information content (AvgIpc) is 2.61. The quantitative estimate of drug-likeness (QED) is 0.527. The molecule has 0 fully saturated rings. The van der Waals surface area contributed by atoms with Gasteiger partial charge in [0.05, 0.1) is 5.56 Å². The molecule has 0 aliphatic rings. The first-order valence-electron chi connectivity index (χ1n) is 8.93. The molecule has 0 radical (unpaired) electrons. The second-order valence-electron chi connectivity index (χ2n) is 6.46. The fourth-order valence-electron chi connectivity index (χ4n) is 2.18. The molecule has 0 aliphatic carbocycles. The van der Waals surface area contributed by atoms with Crippen LogP contribution < -0.4 is 14.8 Å². The molecule has 0 saturated carbocycles. The van der Waals surface area contributed by atoms with Crippen LogP contribution in [-0.2, 0) is 9.59 Å². The first kappa shape index (κ1) is 21.4. The van der Waals surface area contributed by atoms with Crippen molar-refractivity contribution in [3.8, 4) is 11.5 Å². The number of amides is 1. The van der Waals surface area contributed by atoms with Crippen LogP contribution in [0.3, 0.4) is 0 Å². The topological polar surface area (TPSA) is 81.7 Å². The molecule has 1 N–H and O–H groups in total. The van der Waals surface area contributed by atoms with Crippen LogP contribution in [0.5, 0.6) is 11.5 Å². The number of esters is 2. The van der Waals surface area contributed by atoms with E-state index in [0.29, 0.717) is 17.7 Å². The SMILES string of the molecule is CCCC(=O)Oc1cc(Cl)cc(OC(=O)c2ccc(NC(=O)C(C)C)cc2)c1. The fourth-order valence-corrected chi connectivity index (χ4v) is 2.40. The van der Waals surface area contributed by atoms with Crippen molar-refractivity contribution in [2.24, 2.45) is 5.92 Å². The molecule has 2 aromatic rings. The number of rotatable bonds is 7. The maximum atomic E-state index is 12.3. The molecule has 0 spiro atoms. The Morgan fingerprint density at radius 2 is 1.61 bits per heavy atom. The lowest BCUT2D eigenvalue weighted by Gasteiger charge is -2.10. The summed E-state index contributed by atoms with van der Waals surface area (Å²) >= 11 is 6.01. The first-order chi connectivity index (χ1) is 13.3. The minimum atomic E-state index is -0.602. The minimum Gasteiger partial charge on any atom is -0.426 e. The Morgan fingerprint density at radius 1 is 1.00 bits per heavy atom. The van der Waals surface area contributed by atoms with E-state index in [0.717, 1.165) is 0 Å². The highest BCUT2D eigenvalue weighted by Gasteiger charge is 2.13. The maximum Gasteiger partial charge on any atom is 0.343 e. The number of benzene rings is 2. The van der Waals surface area contributed by atoms with Crippen LogP contribution in [0.4, 0.5) is 5.69 Å². The Balaban J connectivity index is 2.06. The largest absolute Gasteiger partial charge is 0.426 e. The van der Waals surface area contributed by atoms with Gasteiger partial charge in [0.2, 0.25) is 5.91 Å². The summed E-state index contributed by atoms with van der Waals surface area (Å²) in [6.07, 6.45) is 0.941. The molecule has 2 aromatic carbocycles. The number of carbonyl (C=O) groups excluding carboxylic acids is 3. The predicted molar refractivity (Wildman–Crippen MR) is 107 cm³/mol. The summed E-state index contributed by atoms with van der Waals surface area (Å²) in [7, 11) is 0. The second-order valence-corrected chi connectivity index (χ2v) is 6.89. The van der Waals surface area contributed by atoms with Crippen LogP contribution in [-0.4, -0.2) is 17.8 Å². The zero-order valence-electron chi connectivity index (χ0n) is 16.0. The molecule has 1 amide bonds. The van der Waals surface area contributed by atoms with Gasteiger partial charge in [-0.15, -0.1) is 0 Å². The number of hydrogen-bond donors (Lipinski definition) is 1. The molecule has 0 heterocycles. The van der Waals surface area contributed by atoms with Gasteiger partial charge in [0, 0.05) is 29.1 Å². The van der Waals surface area contributed by atoms with Crippen molar-refractivity contribution in [1.29, 1.82) is 0 Å². The van der Waals surface area contributed by atoms with Crippen molar-refractivity contribution in [2.45, 2.75) is 33.6 Å². The van der Waals surface area contributed by atoms with Gasteiger partial charge in [-0.3, -0.25) is 9.59 Å². The lowest BCUT2D eigenvalue weighted by Crippen LogP contribution is -2.17. The Morgan fingerprint density at radius 3 is 2.18 bits per heavy atom. The average molecular weight is 404 g/mol. The van der Waals surface area contributed by atoms with Crippen molar-refractivity contribution < 1.29 is 23.9 Å². The van der Waals surface area contributed by atoms with E-state index in [1.807, 2.05) is 6.92 Å². The fraction of sp³-hybridized carbons (Fsp3) is 0.286. The van der Waals surface area contributed by atoms with Crippen molar-refractivity contribution in [3.05, 3.63) is 53.1 Å². The van der Waals surface area contributed by atoms with E-state index in [2.05, 4.69) is 5.32 Å². The molecule has 148 valence electrons. The van der Waals surface area contributed by atoms with E-state index in [4.69, 9.17) is 21.1 Å². The molecule has 0 aromatic heterocycles. The normalized spacial score (nSPS) is 10.5. The van der Waals surface area contributed by atoms with Gasteiger partial charge in [-0.2, -0.15) is 0 Å². The van der Waals surface area contributed by atoms with Gasteiger partial charge >= 0.3 is 11.9 Å². The van der Waals surface area contributed by atoms with Crippen LogP contribution in [0.15, 0.2) is 42.5 Å². The molecule has 0 aliphatic heterocycles. The van der Waals surface area contributed by atoms with Crippen molar-refractivity contribution in [3.63, 3.8) is 0 Å². The first-order valence-corrected chi connectivity index (χ1v) is 9.30. The van der Waals surface area contributed by atoms with Gasteiger partial charge in [0.15, 0.2) is 0 Å². The number of carbonyl (C=O) groups is 3. The third kappa shape index (κ3) is 6.39. The molecule has 7 heteroatoms. The number of ether oxygens (including phenoxy) is 2. The van der Waals surface area contributed by atoms with E-state index in [1.165, 1.54) is 18.2 Å². The summed E-state index contributed by atoms with van der Waals surface area (Å²) in [5.74, 6) is -0.877. The van der Waals surface area contributed by atoms with Gasteiger partial charge in [0.1, 0.15) is 11.5 Å². The number of hydrogen-bond acceptors (Lipinski definition) is 5. The van der Waals surface area contributed by atoms with Gasteiger partial charge in [-0.05, 0) is 42.8 Å². The maximum absolute atomic E-state index is 12.3. The Labute approximate surface area is 168 Å². The highest BCUT2D eigenvalue weighted by Crippen LogP contribution is 2.27. The summed E-state index contributed by atoms with van der Waals surface area (Å²) in [5, 5.41) is 3.02. The van der Waals surface area contributed by atoms with Crippen LogP contribution in [0.25, 0.3) is 0 Å². The van der Waals surface area contributed by atoms with Crippen LogP contribution in [0.1, 0.15) is 44.0 Å². The third-order valence-electron chi connectivity index (χ3n) is 3.65. The number of nitrogens with one attached hydrogen (secondary N) is 1. The Hall–Kier alpha value is -2.86. The third-order valence-corrected chi connectivity index (χ3v) is 3.87. The van der Waals surface area contributed by atoms with Gasteiger partial charge in [0.25, 0.3) is 0 Å². The molecular formula is C21H22ClNO5. The van der Waals surface area contributed by atoms with Crippen LogP contribution in [0, 0.1) is 5.92 Å². The number of halogens is 1. The summed E-state index contributed by atoms with van der Waals surface area (Å²) in [6, 6.07) is 10.7. The van der Waals surface area contributed by atoms with Crippen molar-refractivity contribution in [1.82, 2.24) is 0 Å². The Bertz CT molecular complexity index is 862. The molecule has 28 heavy (non-hydrogen) atoms. The van der Waals surface area contributed by atoms with Crippen LogP contribution >= 0.6 is 11.6 Å². The molecule has 0 saturated heterocycles. The molecule has 0 unspecified atom stereocenters. The molecule has 0 atom stereocenters. The zero-order valence-corrected chi connectivity index (χ0v) is 16.7. The molecule has 0 bridgehead atoms. The highest BCUT2D eigenvalue weighted by atomic mass is 35.5. The Kier molecular flexibility index (Phi) is 7.58. The number of anilines is 1. The highest BCUT2D eigenvalue weighted by molar-refractivity contribution is 6.30. The van der Waals surface area contributed by atoms with Crippen molar-refractivity contribution >= 4 is 35.1 Å². The van der Waals surface area contributed by atoms with Gasteiger partial charge in [-0.25, -0.2) is 4.79 Å². The second kappa shape index (κ2) is 9.90. The molecular weight excluding hydrogens is 382 g/mol. The summed E-state index contributed by atoms with van der Waals surface area (Å²) in [4.78, 5) is 35.7. The zero-order chi connectivity index (χ0) is 20.7. The van der Waals surface area contributed by atoms with E-state index >= 15 is 0 Å². The minimum absolute atomic E-state index is 0.112. The van der Waals surface area contributed by atoms with Gasteiger partial charge in [-0.1, -0.05) is 32.4 Å². The van der Waals surface area contributed by atoms with E-state index in [-0.39, 0.29) is 40.7 Å². The summed E-state index contributed by atoms with van der Waals surface area (Å²) in [6.45, 7) is 5.45. The van der Waals surface area contributed by atoms with E-state index in [9.17, 15) is 14.4 Å². The van der Waals surface area contributed by atoms with Gasteiger partial charge < -0.3 is 14.8 Å².